The molecule has 0 spiro atoms. The van der Waals surface area contributed by atoms with Crippen LogP contribution in [0.3, 0.4) is 0 Å². The number of sulfonamides is 1. The third-order valence-corrected chi connectivity index (χ3v) is 5.73. The van der Waals surface area contributed by atoms with Crippen LogP contribution in [0.2, 0.25) is 0 Å². The molecule has 0 fully saturated rings. The van der Waals surface area contributed by atoms with Crippen LogP contribution in [0.5, 0.6) is 5.75 Å². The summed E-state index contributed by atoms with van der Waals surface area (Å²) in [6, 6.07) is 13.0. The Morgan fingerprint density at radius 3 is 2.31 bits per heavy atom. The second-order valence-corrected chi connectivity index (χ2v) is 8.38. The Morgan fingerprint density at radius 1 is 1.12 bits per heavy atom. The number of rotatable bonds is 8. The molecule has 0 bridgehead atoms. The lowest BCUT2D eigenvalue weighted by molar-refractivity contribution is -0.118. The Balaban J connectivity index is 1.91. The van der Waals surface area contributed by atoms with Crippen LogP contribution < -0.4 is 14.8 Å². The molecular weight excluding hydrogens is 420 g/mol. The molecule has 2 aromatic carbocycles. The second-order valence-electron chi connectivity index (χ2n) is 5.75. The Bertz CT molecular complexity index is 836. The molecule has 2 aromatic rings. The minimum atomic E-state index is -3.56. The number of ether oxygens (including phenoxy) is 1. The Kier molecular flexibility index (Phi) is 7.19. The van der Waals surface area contributed by atoms with Crippen molar-refractivity contribution in [3.05, 3.63) is 53.0 Å². The Hall–Kier alpha value is -1.90. The molecule has 26 heavy (non-hydrogen) atoms. The van der Waals surface area contributed by atoms with Gasteiger partial charge in [-0.1, -0.05) is 22.9 Å². The number of hydrogen-bond acceptors (Lipinski definition) is 4. The van der Waals surface area contributed by atoms with Gasteiger partial charge in [0.1, 0.15) is 5.75 Å². The molecule has 0 saturated heterocycles. The van der Waals surface area contributed by atoms with E-state index in [0.717, 1.165) is 4.47 Å². The fraction of sp³-hybridized carbons (Fsp3) is 0.278. The molecule has 0 aliphatic heterocycles. The number of carbonyl (C=O) groups is 1. The van der Waals surface area contributed by atoms with Crippen LogP contribution in [0.25, 0.3) is 0 Å². The molecule has 0 heterocycles. The maximum Gasteiger partial charge on any atom is 0.262 e. The van der Waals surface area contributed by atoms with Gasteiger partial charge in [0, 0.05) is 16.2 Å². The van der Waals surface area contributed by atoms with E-state index in [-0.39, 0.29) is 23.5 Å². The first-order chi connectivity index (χ1) is 12.3. The summed E-state index contributed by atoms with van der Waals surface area (Å²) in [4.78, 5) is 12.1. The summed E-state index contributed by atoms with van der Waals surface area (Å²) in [5.74, 6) is 0.252. The van der Waals surface area contributed by atoms with Gasteiger partial charge < -0.3 is 10.1 Å². The van der Waals surface area contributed by atoms with E-state index in [2.05, 4.69) is 26.0 Å². The predicted molar refractivity (Wildman–Crippen MR) is 105 cm³/mol. The third-order valence-electron chi connectivity index (χ3n) is 3.60. The van der Waals surface area contributed by atoms with Gasteiger partial charge in [0.05, 0.1) is 4.90 Å². The monoisotopic (exact) mass is 440 g/mol. The topological polar surface area (TPSA) is 84.5 Å². The lowest BCUT2D eigenvalue weighted by Gasteiger charge is -2.12. The van der Waals surface area contributed by atoms with Crippen LogP contribution in [0, 0.1) is 0 Å². The van der Waals surface area contributed by atoms with Gasteiger partial charge in [-0.25, -0.2) is 13.1 Å². The zero-order valence-electron chi connectivity index (χ0n) is 14.5. The van der Waals surface area contributed by atoms with E-state index in [4.69, 9.17) is 4.74 Å². The summed E-state index contributed by atoms with van der Waals surface area (Å²) in [5, 5.41) is 2.67. The fourth-order valence-electron chi connectivity index (χ4n) is 2.01. The summed E-state index contributed by atoms with van der Waals surface area (Å²) < 4.78 is 33.3. The molecule has 140 valence electrons. The quantitative estimate of drug-likeness (QED) is 0.657. The lowest BCUT2D eigenvalue weighted by atomic mass is 10.3. The third kappa shape index (κ3) is 6.12. The first kappa shape index (κ1) is 20.4. The standard InChI is InChI=1S/C18H21BrN2O4S/c1-3-13(2)21-26(23,24)17-10-6-15(7-11-17)20-18(22)12-25-16-8-4-14(19)5-9-16/h4-11,13,21H,3,12H2,1-2H3,(H,20,22). The van der Waals surface area contributed by atoms with Gasteiger partial charge in [0.25, 0.3) is 5.91 Å². The van der Waals surface area contributed by atoms with Crippen molar-refractivity contribution >= 4 is 37.5 Å². The molecule has 8 heteroatoms. The normalized spacial score (nSPS) is 12.4. The SMILES string of the molecule is CCC(C)NS(=O)(=O)c1ccc(NC(=O)COc2ccc(Br)cc2)cc1. The second kappa shape index (κ2) is 9.16. The van der Waals surface area contributed by atoms with Crippen LogP contribution in [0.1, 0.15) is 20.3 Å². The van der Waals surface area contributed by atoms with E-state index in [9.17, 15) is 13.2 Å². The summed E-state index contributed by atoms with van der Waals surface area (Å²) in [6.45, 7) is 3.57. The van der Waals surface area contributed by atoms with Gasteiger partial charge in [0.15, 0.2) is 6.61 Å². The summed E-state index contributed by atoms with van der Waals surface area (Å²) >= 11 is 3.32. The van der Waals surface area contributed by atoms with Crippen LogP contribution in [-0.2, 0) is 14.8 Å². The summed E-state index contributed by atoms with van der Waals surface area (Å²) in [7, 11) is -3.56. The smallest absolute Gasteiger partial charge is 0.262 e. The number of carbonyl (C=O) groups excluding carboxylic acids is 1. The number of hydrogen-bond donors (Lipinski definition) is 2. The van der Waals surface area contributed by atoms with Crippen molar-refractivity contribution in [3.63, 3.8) is 0 Å². The maximum absolute atomic E-state index is 12.2. The largest absolute Gasteiger partial charge is 0.484 e. The highest BCUT2D eigenvalue weighted by molar-refractivity contribution is 9.10. The van der Waals surface area contributed by atoms with Gasteiger partial charge in [-0.2, -0.15) is 0 Å². The molecule has 2 rings (SSSR count). The van der Waals surface area contributed by atoms with Crippen LogP contribution in [0.4, 0.5) is 5.69 Å². The van der Waals surface area contributed by atoms with E-state index in [1.54, 1.807) is 31.2 Å². The number of halogens is 1. The molecule has 2 N–H and O–H groups in total. The van der Waals surface area contributed by atoms with Crippen molar-refractivity contribution in [1.29, 1.82) is 0 Å². The van der Waals surface area contributed by atoms with Crippen molar-refractivity contribution < 1.29 is 17.9 Å². The average Bonchev–Trinajstić information content (AvgIpc) is 2.61. The molecule has 0 saturated carbocycles. The highest BCUT2D eigenvalue weighted by Crippen LogP contribution is 2.17. The predicted octanol–water partition coefficient (Wildman–Crippen LogP) is 3.54. The number of benzene rings is 2. The molecule has 6 nitrogen and oxygen atoms in total. The first-order valence-electron chi connectivity index (χ1n) is 8.11. The minimum absolute atomic E-state index is 0.142. The summed E-state index contributed by atoms with van der Waals surface area (Å²) in [6.07, 6.45) is 0.700. The van der Waals surface area contributed by atoms with Crippen molar-refractivity contribution in [1.82, 2.24) is 4.72 Å². The lowest BCUT2D eigenvalue weighted by Crippen LogP contribution is -2.31. The van der Waals surface area contributed by atoms with Gasteiger partial charge in [-0.15, -0.1) is 0 Å². The van der Waals surface area contributed by atoms with Crippen molar-refractivity contribution in [2.24, 2.45) is 0 Å². The van der Waals surface area contributed by atoms with Gasteiger partial charge in [-0.05, 0) is 61.9 Å². The maximum atomic E-state index is 12.2. The first-order valence-corrected chi connectivity index (χ1v) is 10.4. The summed E-state index contributed by atoms with van der Waals surface area (Å²) in [5.41, 5.74) is 0.497. The average molecular weight is 441 g/mol. The van der Waals surface area contributed by atoms with E-state index in [1.807, 2.05) is 19.1 Å². The van der Waals surface area contributed by atoms with Gasteiger partial charge in [-0.3, -0.25) is 4.79 Å². The zero-order valence-corrected chi connectivity index (χ0v) is 16.9. The van der Waals surface area contributed by atoms with Crippen LogP contribution in [-0.4, -0.2) is 27.0 Å². The molecule has 1 atom stereocenters. The highest BCUT2D eigenvalue weighted by Gasteiger charge is 2.16. The minimum Gasteiger partial charge on any atom is -0.484 e. The van der Waals surface area contributed by atoms with Crippen molar-refractivity contribution in [2.45, 2.75) is 31.2 Å². The van der Waals surface area contributed by atoms with E-state index < -0.39 is 10.0 Å². The van der Waals surface area contributed by atoms with E-state index >= 15 is 0 Å². The van der Waals surface area contributed by atoms with Gasteiger partial charge in [0.2, 0.25) is 10.0 Å². The molecule has 0 aliphatic rings. The number of anilines is 1. The molecule has 0 aromatic heterocycles. The molecule has 0 aliphatic carbocycles. The van der Waals surface area contributed by atoms with E-state index in [1.165, 1.54) is 12.1 Å². The van der Waals surface area contributed by atoms with Crippen LogP contribution in [0.15, 0.2) is 57.9 Å². The Morgan fingerprint density at radius 2 is 1.73 bits per heavy atom. The van der Waals surface area contributed by atoms with E-state index in [0.29, 0.717) is 17.9 Å². The van der Waals surface area contributed by atoms with Gasteiger partial charge >= 0.3 is 0 Å². The highest BCUT2D eigenvalue weighted by atomic mass is 79.9. The molecule has 0 radical (unpaired) electrons. The van der Waals surface area contributed by atoms with Crippen molar-refractivity contribution in [3.8, 4) is 5.75 Å². The number of amides is 1. The fourth-order valence-corrected chi connectivity index (χ4v) is 3.60. The molecular formula is C18H21BrN2O4S. The molecule has 1 unspecified atom stereocenters. The van der Waals surface area contributed by atoms with Crippen molar-refractivity contribution in [2.75, 3.05) is 11.9 Å². The number of nitrogens with one attached hydrogen (secondary N) is 2. The van der Waals surface area contributed by atoms with Crippen LogP contribution >= 0.6 is 15.9 Å². The zero-order chi connectivity index (χ0) is 19.2. The Labute approximate surface area is 162 Å². The molecule has 1 amide bonds.